The Morgan fingerprint density at radius 2 is 1.36 bits per heavy atom. The molecule has 4 atom stereocenters. The van der Waals surface area contributed by atoms with Gasteiger partial charge in [0.25, 0.3) is 8.32 Å². The molecule has 3 aromatic rings. The molecule has 3 aromatic carbocycles. The van der Waals surface area contributed by atoms with Crippen LogP contribution in [-0.2, 0) is 29.7 Å². The van der Waals surface area contributed by atoms with Crippen LogP contribution in [0.1, 0.15) is 85.6 Å². The van der Waals surface area contributed by atoms with Gasteiger partial charge in [-0.15, -0.1) is 0 Å². The van der Waals surface area contributed by atoms with Crippen molar-refractivity contribution >= 4 is 33.0 Å². The van der Waals surface area contributed by atoms with Gasteiger partial charge in [-0.05, 0) is 76.9 Å². The fraction of sp³-hybridized carbons (Fsp3) is 0.523. The summed E-state index contributed by atoms with van der Waals surface area (Å²) in [4.78, 5) is 11.9. The molecule has 0 aliphatic carbocycles. The van der Waals surface area contributed by atoms with Crippen LogP contribution in [-0.4, -0.2) is 65.8 Å². The first-order chi connectivity index (χ1) is 24.9. The zero-order chi connectivity index (χ0) is 38.9. The maximum absolute atomic E-state index is 11.9. The molecule has 9 heteroatoms. The maximum Gasteiger partial charge on any atom is 0.305 e. The number of ether oxygens (including phenoxy) is 3. The van der Waals surface area contributed by atoms with Gasteiger partial charge in [-0.25, -0.2) is 0 Å². The topological polar surface area (TPSA) is 83.5 Å². The molecule has 0 saturated carbocycles. The number of hydrogen-bond donors (Lipinski definition) is 1. The Bertz CT molecular complexity index is 1540. The Hall–Kier alpha value is -3.06. The molecule has 0 bridgehead atoms. The summed E-state index contributed by atoms with van der Waals surface area (Å²) in [5.41, 5.74) is 2.18. The van der Waals surface area contributed by atoms with Crippen LogP contribution in [0.5, 0.6) is 5.75 Å². The number of hydrogen-bond acceptors (Lipinski definition) is 6. The van der Waals surface area contributed by atoms with E-state index in [4.69, 9.17) is 23.1 Å². The molecular formula is C44H64O7Si2. The van der Waals surface area contributed by atoms with Gasteiger partial charge in [0, 0.05) is 13.0 Å². The van der Waals surface area contributed by atoms with Crippen molar-refractivity contribution in [2.24, 2.45) is 0 Å². The van der Waals surface area contributed by atoms with Crippen LogP contribution in [0.3, 0.4) is 0 Å². The molecule has 1 aliphatic rings. The minimum atomic E-state index is -2.73. The highest BCUT2D eigenvalue weighted by atomic mass is 28.4. The van der Waals surface area contributed by atoms with Crippen molar-refractivity contribution in [1.82, 2.24) is 0 Å². The van der Waals surface area contributed by atoms with Crippen molar-refractivity contribution < 1.29 is 33.0 Å². The Kier molecular flexibility index (Phi) is 14.9. The SMILES string of the molecule is C=C1C[C@H](CC(CC(=O)O)O[Si](C)(C)C(C)(C)C)O[C@H](C[C@H](CCO[Si](c2ccccc2)(c2ccccc2)C(C)(C)C)OCc2ccc(OC)cc2)C1. The third-order valence-electron chi connectivity index (χ3n) is 11.0. The monoisotopic (exact) mass is 760 g/mol. The van der Waals surface area contributed by atoms with E-state index in [1.165, 1.54) is 10.4 Å². The van der Waals surface area contributed by atoms with Gasteiger partial charge in [0.15, 0.2) is 8.32 Å². The first kappa shape index (κ1) is 42.7. The van der Waals surface area contributed by atoms with Gasteiger partial charge in [0.05, 0.1) is 44.6 Å². The number of carboxylic acids is 1. The minimum Gasteiger partial charge on any atom is -0.497 e. The van der Waals surface area contributed by atoms with Crippen LogP contribution in [0.4, 0.5) is 0 Å². The first-order valence-electron chi connectivity index (χ1n) is 19.1. The summed E-state index contributed by atoms with van der Waals surface area (Å²) in [7, 11) is -3.26. The maximum atomic E-state index is 11.9. The molecule has 1 unspecified atom stereocenters. The zero-order valence-electron chi connectivity index (χ0n) is 33.7. The smallest absolute Gasteiger partial charge is 0.305 e. The van der Waals surface area contributed by atoms with E-state index >= 15 is 0 Å². The van der Waals surface area contributed by atoms with E-state index in [0.29, 0.717) is 38.9 Å². The number of aliphatic carboxylic acids is 1. The lowest BCUT2D eigenvalue weighted by atomic mass is 9.92. The summed E-state index contributed by atoms with van der Waals surface area (Å²) in [6.07, 6.45) is 2.40. The van der Waals surface area contributed by atoms with Crippen LogP contribution in [0.25, 0.3) is 0 Å². The predicted molar refractivity (Wildman–Crippen MR) is 220 cm³/mol. The number of rotatable bonds is 18. The molecule has 290 valence electrons. The molecule has 1 aliphatic heterocycles. The lowest BCUT2D eigenvalue weighted by Gasteiger charge is -2.43. The van der Waals surface area contributed by atoms with E-state index in [0.717, 1.165) is 23.3 Å². The van der Waals surface area contributed by atoms with E-state index < -0.39 is 28.7 Å². The molecule has 1 saturated heterocycles. The van der Waals surface area contributed by atoms with Crippen molar-refractivity contribution in [2.45, 2.75) is 134 Å². The van der Waals surface area contributed by atoms with Gasteiger partial charge < -0.3 is 28.2 Å². The minimum absolute atomic E-state index is 0.0335. The Morgan fingerprint density at radius 3 is 1.83 bits per heavy atom. The van der Waals surface area contributed by atoms with Crippen molar-refractivity contribution in [3.8, 4) is 5.75 Å². The van der Waals surface area contributed by atoms with E-state index in [9.17, 15) is 9.90 Å². The second-order valence-corrected chi connectivity index (χ2v) is 26.3. The highest BCUT2D eigenvalue weighted by molar-refractivity contribution is 6.99. The summed E-state index contributed by atoms with van der Waals surface area (Å²) in [5.74, 6) is -0.0457. The molecule has 0 amide bonds. The molecule has 0 radical (unpaired) electrons. The Balaban J connectivity index is 1.56. The number of methoxy groups -OCH3 is 1. The summed E-state index contributed by atoms with van der Waals surface area (Å²) in [5, 5.41) is 12.1. The standard InChI is InChI=1S/C44H64O7Si2/c1-33-27-37(50-38(28-33)30-39(31-42(45)46)51-52(9,10)43(2,3)4)29-36(48-32-34-21-23-35(47-8)24-22-34)25-26-49-53(44(5,6)7,40-17-13-11-14-18-40)41-19-15-12-16-20-41/h11-24,36-39H,1,25-32H2,2-10H3,(H,45,46)/t36-,37-,38+,39?/m0/s1. The fourth-order valence-electron chi connectivity index (χ4n) is 7.23. The molecule has 0 aromatic heterocycles. The summed E-state index contributed by atoms with van der Waals surface area (Å²) < 4.78 is 32.8. The van der Waals surface area contributed by atoms with Crippen molar-refractivity contribution in [1.29, 1.82) is 0 Å². The highest BCUT2D eigenvalue weighted by Crippen LogP contribution is 2.40. The summed E-state index contributed by atoms with van der Waals surface area (Å²) in [6.45, 7) is 23.1. The Morgan fingerprint density at radius 1 is 0.830 bits per heavy atom. The summed E-state index contributed by atoms with van der Waals surface area (Å²) >= 11 is 0. The average molecular weight is 761 g/mol. The van der Waals surface area contributed by atoms with E-state index in [2.05, 4.69) is 122 Å². The largest absolute Gasteiger partial charge is 0.497 e. The molecule has 1 N–H and O–H groups in total. The van der Waals surface area contributed by atoms with Gasteiger partial charge in [0.2, 0.25) is 0 Å². The van der Waals surface area contributed by atoms with Gasteiger partial charge in [0.1, 0.15) is 5.75 Å². The lowest BCUT2D eigenvalue weighted by Crippen LogP contribution is -2.66. The van der Waals surface area contributed by atoms with Crippen LogP contribution >= 0.6 is 0 Å². The first-order valence-corrected chi connectivity index (χ1v) is 24.0. The van der Waals surface area contributed by atoms with Crippen molar-refractivity contribution in [3.63, 3.8) is 0 Å². The number of benzene rings is 3. The van der Waals surface area contributed by atoms with Crippen LogP contribution in [0, 0.1) is 0 Å². The second kappa shape index (κ2) is 18.5. The molecule has 53 heavy (non-hydrogen) atoms. The normalized spacial score (nSPS) is 18.4. The summed E-state index contributed by atoms with van der Waals surface area (Å²) in [6, 6.07) is 29.4. The van der Waals surface area contributed by atoms with Crippen molar-refractivity contribution in [2.75, 3.05) is 13.7 Å². The molecule has 1 fully saturated rings. The second-order valence-electron chi connectivity index (χ2n) is 17.2. The lowest BCUT2D eigenvalue weighted by molar-refractivity contribution is -0.139. The third-order valence-corrected chi connectivity index (χ3v) is 20.5. The molecule has 7 nitrogen and oxygen atoms in total. The fourth-order valence-corrected chi connectivity index (χ4v) is 13.2. The quantitative estimate of drug-likeness (QED) is 0.102. The average Bonchev–Trinajstić information content (AvgIpc) is 3.08. The zero-order valence-corrected chi connectivity index (χ0v) is 35.7. The molecule has 0 spiro atoms. The van der Waals surface area contributed by atoms with Crippen LogP contribution in [0.2, 0.25) is 23.2 Å². The van der Waals surface area contributed by atoms with Crippen LogP contribution < -0.4 is 15.1 Å². The molecular weight excluding hydrogens is 697 g/mol. The predicted octanol–water partition coefficient (Wildman–Crippen LogP) is 9.30. The van der Waals surface area contributed by atoms with Gasteiger partial charge in [-0.1, -0.05) is 126 Å². The van der Waals surface area contributed by atoms with Crippen LogP contribution in [0.15, 0.2) is 97.1 Å². The Labute approximate surface area is 321 Å². The van der Waals surface area contributed by atoms with Crippen molar-refractivity contribution in [3.05, 3.63) is 103 Å². The highest BCUT2D eigenvalue weighted by Gasteiger charge is 2.50. The van der Waals surface area contributed by atoms with Gasteiger partial charge in [-0.2, -0.15) is 0 Å². The molecule has 4 rings (SSSR count). The van der Waals surface area contributed by atoms with E-state index in [1.54, 1.807) is 7.11 Å². The van der Waals surface area contributed by atoms with E-state index in [1.807, 2.05) is 24.3 Å². The van der Waals surface area contributed by atoms with Gasteiger partial charge in [-0.3, -0.25) is 4.79 Å². The third kappa shape index (κ3) is 11.7. The van der Waals surface area contributed by atoms with E-state index in [-0.39, 0.29) is 34.8 Å². The number of carbonyl (C=O) groups is 1. The van der Waals surface area contributed by atoms with Gasteiger partial charge >= 0.3 is 5.97 Å². The number of carboxylic acid groups (broad SMARTS) is 1. The molecule has 1 heterocycles.